The number of hydrogen-bond acceptors (Lipinski definition) is 5. The Morgan fingerprint density at radius 1 is 1.50 bits per heavy atom. The number of carbonyl (C=O) groups is 1. The monoisotopic (exact) mass is 336 g/mol. The molecule has 1 aromatic heterocycles. The van der Waals surface area contributed by atoms with Gasteiger partial charge < -0.3 is 24.3 Å². The third-order valence-electron chi connectivity index (χ3n) is 4.86. The lowest BCUT2D eigenvalue weighted by Crippen LogP contribution is -2.53. The molecular weight excluding hydrogens is 308 g/mol. The third kappa shape index (κ3) is 4.34. The summed E-state index contributed by atoms with van der Waals surface area (Å²) in [6.45, 7) is 3.46. The molecule has 2 aliphatic rings. The largest absolute Gasteiger partial charge is 0.379 e. The minimum atomic E-state index is -0.285. The SMILES string of the molecule is CN(C)CCO[C@H]1CCOC[C@H]1NC(=O)C1(Cn2ccnc2)CC1. The lowest BCUT2D eigenvalue weighted by molar-refractivity contribution is -0.131. The van der Waals surface area contributed by atoms with Gasteiger partial charge in [0.25, 0.3) is 0 Å². The summed E-state index contributed by atoms with van der Waals surface area (Å²) in [6, 6.07) is -0.0614. The highest BCUT2D eigenvalue weighted by Crippen LogP contribution is 2.47. The summed E-state index contributed by atoms with van der Waals surface area (Å²) in [4.78, 5) is 18.9. The summed E-state index contributed by atoms with van der Waals surface area (Å²) >= 11 is 0. The van der Waals surface area contributed by atoms with Gasteiger partial charge in [0.1, 0.15) is 0 Å². The number of hydrogen-bond donors (Lipinski definition) is 1. The van der Waals surface area contributed by atoms with E-state index in [4.69, 9.17) is 9.47 Å². The van der Waals surface area contributed by atoms with Crippen LogP contribution in [0, 0.1) is 5.41 Å². The molecule has 7 nitrogen and oxygen atoms in total. The predicted molar refractivity (Wildman–Crippen MR) is 89.6 cm³/mol. The minimum absolute atomic E-state index is 0.0340. The number of carbonyl (C=O) groups excluding carboxylic acids is 1. The molecule has 2 fully saturated rings. The van der Waals surface area contributed by atoms with Crippen molar-refractivity contribution in [2.45, 2.75) is 38.0 Å². The van der Waals surface area contributed by atoms with Gasteiger partial charge in [0.05, 0.1) is 37.1 Å². The summed E-state index contributed by atoms with van der Waals surface area (Å²) in [6.07, 6.45) is 8.14. The van der Waals surface area contributed by atoms with E-state index < -0.39 is 0 Å². The second kappa shape index (κ2) is 7.63. The van der Waals surface area contributed by atoms with Gasteiger partial charge in [-0.25, -0.2) is 4.98 Å². The maximum atomic E-state index is 12.8. The molecule has 3 rings (SSSR count). The van der Waals surface area contributed by atoms with E-state index in [0.29, 0.717) is 26.4 Å². The Morgan fingerprint density at radius 2 is 2.33 bits per heavy atom. The zero-order chi connectivity index (χ0) is 17.0. The Bertz CT molecular complexity index is 528. The lowest BCUT2D eigenvalue weighted by atomic mass is 10.0. The van der Waals surface area contributed by atoms with E-state index in [1.165, 1.54) is 0 Å². The molecule has 24 heavy (non-hydrogen) atoms. The van der Waals surface area contributed by atoms with E-state index in [9.17, 15) is 4.79 Å². The van der Waals surface area contributed by atoms with Gasteiger partial charge in [-0.1, -0.05) is 0 Å². The Morgan fingerprint density at radius 3 is 3.00 bits per heavy atom. The molecule has 1 aliphatic heterocycles. The molecule has 1 aliphatic carbocycles. The number of amides is 1. The van der Waals surface area contributed by atoms with Crippen LogP contribution in [0.2, 0.25) is 0 Å². The van der Waals surface area contributed by atoms with E-state index in [-0.39, 0.29) is 23.5 Å². The van der Waals surface area contributed by atoms with Crippen molar-refractivity contribution in [2.75, 3.05) is 40.5 Å². The molecule has 1 saturated heterocycles. The van der Waals surface area contributed by atoms with E-state index in [1.54, 1.807) is 12.5 Å². The summed E-state index contributed by atoms with van der Waals surface area (Å²) in [5.74, 6) is 0.118. The van der Waals surface area contributed by atoms with Crippen molar-refractivity contribution in [3.05, 3.63) is 18.7 Å². The molecule has 134 valence electrons. The van der Waals surface area contributed by atoms with Gasteiger partial charge in [0, 0.05) is 32.1 Å². The van der Waals surface area contributed by atoms with Crippen molar-refractivity contribution in [3.8, 4) is 0 Å². The van der Waals surface area contributed by atoms with Crippen molar-refractivity contribution < 1.29 is 14.3 Å². The smallest absolute Gasteiger partial charge is 0.228 e. The molecule has 2 atom stereocenters. The predicted octanol–water partition coefficient (Wildman–Crippen LogP) is 0.515. The van der Waals surface area contributed by atoms with Crippen LogP contribution in [-0.2, 0) is 20.8 Å². The van der Waals surface area contributed by atoms with E-state index in [1.807, 2.05) is 24.9 Å². The summed E-state index contributed by atoms with van der Waals surface area (Å²) in [5.41, 5.74) is -0.285. The van der Waals surface area contributed by atoms with Crippen LogP contribution in [0.25, 0.3) is 0 Å². The van der Waals surface area contributed by atoms with Crippen LogP contribution in [-0.4, -0.2) is 73.0 Å². The second-order valence-corrected chi connectivity index (χ2v) is 7.17. The van der Waals surface area contributed by atoms with Crippen LogP contribution in [0.3, 0.4) is 0 Å². The van der Waals surface area contributed by atoms with Crippen LogP contribution in [0.4, 0.5) is 0 Å². The van der Waals surface area contributed by atoms with Crippen LogP contribution in [0.1, 0.15) is 19.3 Å². The fraction of sp³-hybridized carbons (Fsp3) is 0.765. The molecule has 0 spiro atoms. The second-order valence-electron chi connectivity index (χ2n) is 7.17. The Hall–Kier alpha value is -1.44. The van der Waals surface area contributed by atoms with E-state index in [2.05, 4.69) is 15.2 Å². The average molecular weight is 336 g/mol. The Kier molecular flexibility index (Phi) is 5.53. The quantitative estimate of drug-likeness (QED) is 0.749. The first kappa shape index (κ1) is 17.4. The number of imidazole rings is 1. The molecule has 0 unspecified atom stereocenters. The van der Waals surface area contributed by atoms with Gasteiger partial charge in [0.2, 0.25) is 5.91 Å². The van der Waals surface area contributed by atoms with Gasteiger partial charge in [-0.05, 0) is 33.4 Å². The third-order valence-corrected chi connectivity index (χ3v) is 4.86. The summed E-state index contributed by atoms with van der Waals surface area (Å²) < 4.78 is 13.5. The van der Waals surface area contributed by atoms with Gasteiger partial charge >= 0.3 is 0 Å². The van der Waals surface area contributed by atoms with Crippen molar-refractivity contribution in [3.63, 3.8) is 0 Å². The zero-order valence-electron chi connectivity index (χ0n) is 14.6. The van der Waals surface area contributed by atoms with Crippen LogP contribution in [0.5, 0.6) is 0 Å². The molecule has 7 heteroatoms. The number of likely N-dealkylation sites (N-methyl/N-ethyl adjacent to an activating group) is 1. The first-order valence-electron chi connectivity index (χ1n) is 8.70. The topological polar surface area (TPSA) is 68.6 Å². The van der Waals surface area contributed by atoms with Crippen molar-refractivity contribution >= 4 is 5.91 Å². The van der Waals surface area contributed by atoms with Crippen LogP contribution in [0.15, 0.2) is 18.7 Å². The van der Waals surface area contributed by atoms with Gasteiger partial charge in [-0.2, -0.15) is 0 Å². The first-order chi connectivity index (χ1) is 11.6. The number of aromatic nitrogens is 2. The minimum Gasteiger partial charge on any atom is -0.379 e. The molecule has 0 radical (unpaired) electrons. The Labute approximate surface area is 143 Å². The summed E-state index contributed by atoms with van der Waals surface area (Å²) in [5, 5.41) is 3.19. The first-order valence-corrected chi connectivity index (χ1v) is 8.70. The van der Waals surface area contributed by atoms with Crippen molar-refractivity contribution in [2.24, 2.45) is 5.41 Å². The van der Waals surface area contributed by atoms with Crippen molar-refractivity contribution in [1.82, 2.24) is 19.8 Å². The molecule has 1 aromatic rings. The number of rotatable bonds is 8. The number of nitrogens with zero attached hydrogens (tertiary/aromatic N) is 3. The molecule has 1 saturated carbocycles. The molecule has 0 bridgehead atoms. The highest BCUT2D eigenvalue weighted by Gasteiger charge is 2.51. The average Bonchev–Trinajstić information content (AvgIpc) is 3.15. The van der Waals surface area contributed by atoms with Crippen molar-refractivity contribution in [1.29, 1.82) is 0 Å². The molecule has 1 amide bonds. The summed E-state index contributed by atoms with van der Waals surface area (Å²) in [7, 11) is 4.05. The number of ether oxygens (including phenoxy) is 2. The normalized spacial score (nSPS) is 25.6. The van der Waals surface area contributed by atoms with E-state index in [0.717, 1.165) is 25.8 Å². The van der Waals surface area contributed by atoms with Gasteiger partial charge in [0.15, 0.2) is 0 Å². The van der Waals surface area contributed by atoms with Gasteiger partial charge in [-0.3, -0.25) is 4.79 Å². The number of nitrogens with one attached hydrogen (secondary N) is 1. The molecule has 0 aromatic carbocycles. The molecular formula is C17H28N4O3. The van der Waals surface area contributed by atoms with E-state index >= 15 is 0 Å². The molecule has 1 N–H and O–H groups in total. The molecule has 2 heterocycles. The zero-order valence-corrected chi connectivity index (χ0v) is 14.6. The van der Waals surface area contributed by atoms with Crippen LogP contribution < -0.4 is 5.32 Å². The highest BCUT2D eigenvalue weighted by atomic mass is 16.5. The Balaban J connectivity index is 1.53. The fourth-order valence-electron chi connectivity index (χ4n) is 3.10. The fourth-order valence-corrected chi connectivity index (χ4v) is 3.10. The lowest BCUT2D eigenvalue weighted by Gasteiger charge is -2.33. The van der Waals surface area contributed by atoms with Crippen LogP contribution >= 0.6 is 0 Å². The maximum absolute atomic E-state index is 12.8. The maximum Gasteiger partial charge on any atom is 0.228 e. The van der Waals surface area contributed by atoms with Gasteiger partial charge in [-0.15, -0.1) is 0 Å². The standard InChI is InChI=1S/C17H28N4O3/c1-20(2)8-10-24-15-3-9-23-11-14(15)19-16(22)17(4-5-17)12-21-7-6-18-13-21/h6-7,13-15H,3-5,8-12H2,1-2H3,(H,19,22)/t14-,15+/m1/s1. The highest BCUT2D eigenvalue weighted by molar-refractivity contribution is 5.85.